The SMILES string of the molecule is O=C(Nc1ccccc1F)C(F)(F)C(F)(F)C(=O)Nc1ccccc1F. The molecule has 0 atom stereocenters. The van der Waals surface area contributed by atoms with Crippen molar-refractivity contribution >= 4 is 23.2 Å². The third-order valence-corrected chi connectivity index (χ3v) is 3.21. The van der Waals surface area contributed by atoms with Crippen molar-refractivity contribution in [2.45, 2.75) is 11.8 Å². The van der Waals surface area contributed by atoms with Gasteiger partial charge in [0.05, 0.1) is 11.4 Å². The van der Waals surface area contributed by atoms with Crippen molar-refractivity contribution in [2.24, 2.45) is 0 Å². The van der Waals surface area contributed by atoms with Crippen molar-refractivity contribution in [3.8, 4) is 0 Å². The normalized spacial score (nSPS) is 11.8. The summed E-state index contributed by atoms with van der Waals surface area (Å²) in [5.41, 5.74) is -1.55. The lowest BCUT2D eigenvalue weighted by molar-refractivity contribution is -0.204. The first-order valence-corrected chi connectivity index (χ1v) is 6.95. The molecular formula is C16H10F6N2O2. The van der Waals surface area contributed by atoms with Gasteiger partial charge in [-0.2, -0.15) is 17.6 Å². The number of halogens is 6. The Kier molecular flexibility index (Phi) is 5.24. The Balaban J connectivity index is 2.22. The van der Waals surface area contributed by atoms with Crippen LogP contribution in [-0.4, -0.2) is 23.7 Å². The average Bonchev–Trinajstić information content (AvgIpc) is 2.58. The third-order valence-electron chi connectivity index (χ3n) is 3.21. The third kappa shape index (κ3) is 3.63. The fraction of sp³-hybridized carbons (Fsp3) is 0.125. The first-order chi connectivity index (χ1) is 12.1. The fourth-order valence-electron chi connectivity index (χ4n) is 1.81. The lowest BCUT2D eigenvalue weighted by Gasteiger charge is -2.24. The van der Waals surface area contributed by atoms with Crippen molar-refractivity contribution in [1.82, 2.24) is 0 Å². The molecule has 2 amide bonds. The molecule has 2 aromatic rings. The van der Waals surface area contributed by atoms with Gasteiger partial charge in [-0.3, -0.25) is 9.59 Å². The molecule has 0 aromatic heterocycles. The van der Waals surface area contributed by atoms with Crippen LogP contribution in [0.3, 0.4) is 0 Å². The molecule has 2 rings (SSSR count). The zero-order valence-corrected chi connectivity index (χ0v) is 12.7. The minimum atomic E-state index is -5.54. The maximum Gasteiger partial charge on any atom is 0.396 e. The minimum absolute atomic E-state index is 0.775. The minimum Gasteiger partial charge on any atom is -0.318 e. The molecule has 2 aromatic carbocycles. The smallest absolute Gasteiger partial charge is 0.318 e. The van der Waals surface area contributed by atoms with Crippen LogP contribution in [0.2, 0.25) is 0 Å². The van der Waals surface area contributed by atoms with E-state index in [9.17, 15) is 35.9 Å². The summed E-state index contributed by atoms with van der Waals surface area (Å²) in [6.45, 7) is 0. The summed E-state index contributed by atoms with van der Waals surface area (Å²) in [6.07, 6.45) is 0. The predicted molar refractivity (Wildman–Crippen MR) is 80.0 cm³/mol. The van der Waals surface area contributed by atoms with Crippen LogP contribution in [0.4, 0.5) is 37.7 Å². The summed E-state index contributed by atoms with van der Waals surface area (Å²) in [5, 5.41) is 2.58. The number of amides is 2. The van der Waals surface area contributed by atoms with Gasteiger partial charge >= 0.3 is 23.7 Å². The van der Waals surface area contributed by atoms with Crippen molar-refractivity contribution in [3.63, 3.8) is 0 Å². The van der Waals surface area contributed by atoms with Crippen molar-refractivity contribution in [2.75, 3.05) is 10.6 Å². The van der Waals surface area contributed by atoms with Gasteiger partial charge in [0.25, 0.3) is 0 Å². The summed E-state index contributed by atoms with van der Waals surface area (Å²) < 4.78 is 82.0. The molecule has 0 aliphatic carbocycles. The largest absolute Gasteiger partial charge is 0.396 e. The molecule has 0 saturated carbocycles. The quantitative estimate of drug-likeness (QED) is 0.780. The van der Waals surface area contributed by atoms with Crippen LogP contribution < -0.4 is 10.6 Å². The number of para-hydroxylation sites is 2. The number of benzene rings is 2. The van der Waals surface area contributed by atoms with E-state index >= 15 is 0 Å². The number of rotatable bonds is 5. The highest BCUT2D eigenvalue weighted by atomic mass is 19.3. The number of carbonyl (C=O) groups is 2. The molecule has 2 N–H and O–H groups in total. The summed E-state index contributed by atoms with van der Waals surface area (Å²) in [5.74, 6) is -18.6. The second-order valence-electron chi connectivity index (χ2n) is 5.02. The molecule has 0 bridgehead atoms. The molecule has 0 fully saturated rings. The molecule has 0 unspecified atom stereocenters. The maximum atomic E-state index is 13.8. The van der Waals surface area contributed by atoms with E-state index in [4.69, 9.17) is 0 Å². The first kappa shape index (κ1) is 19.3. The van der Waals surface area contributed by atoms with E-state index in [-0.39, 0.29) is 0 Å². The number of alkyl halides is 4. The molecule has 138 valence electrons. The van der Waals surface area contributed by atoms with E-state index in [0.717, 1.165) is 24.3 Å². The van der Waals surface area contributed by atoms with Gasteiger partial charge in [-0.1, -0.05) is 24.3 Å². The van der Waals surface area contributed by atoms with Gasteiger partial charge in [-0.15, -0.1) is 0 Å². The van der Waals surface area contributed by atoms with Gasteiger partial charge in [-0.25, -0.2) is 8.78 Å². The molecule has 10 heteroatoms. The number of hydrogen-bond donors (Lipinski definition) is 2. The van der Waals surface area contributed by atoms with Crippen LogP contribution in [0.25, 0.3) is 0 Å². The zero-order valence-electron chi connectivity index (χ0n) is 12.7. The molecular weight excluding hydrogens is 366 g/mol. The summed E-state index contributed by atoms with van der Waals surface area (Å²) in [4.78, 5) is 23.0. The van der Waals surface area contributed by atoms with Crippen molar-refractivity contribution in [3.05, 3.63) is 60.2 Å². The van der Waals surface area contributed by atoms with Gasteiger partial charge in [0.1, 0.15) is 11.6 Å². The van der Waals surface area contributed by atoms with Crippen LogP contribution in [0.15, 0.2) is 48.5 Å². The number of nitrogens with one attached hydrogen (secondary N) is 2. The lowest BCUT2D eigenvalue weighted by atomic mass is 10.1. The second kappa shape index (κ2) is 7.06. The number of carbonyl (C=O) groups excluding carboxylic acids is 2. The van der Waals surface area contributed by atoms with Crippen LogP contribution in [0.1, 0.15) is 0 Å². The topological polar surface area (TPSA) is 58.2 Å². The van der Waals surface area contributed by atoms with E-state index in [0.29, 0.717) is 0 Å². The Bertz CT molecular complexity index is 771. The number of hydrogen-bond acceptors (Lipinski definition) is 2. The fourth-order valence-corrected chi connectivity index (χ4v) is 1.81. The first-order valence-electron chi connectivity index (χ1n) is 6.95. The Morgan fingerprint density at radius 1 is 0.654 bits per heavy atom. The molecule has 0 radical (unpaired) electrons. The van der Waals surface area contributed by atoms with E-state index in [1.165, 1.54) is 34.9 Å². The summed E-state index contributed by atoms with van der Waals surface area (Å²) in [6, 6.07) is 8.02. The highest BCUT2D eigenvalue weighted by molar-refractivity contribution is 6.05. The van der Waals surface area contributed by atoms with Crippen LogP contribution in [-0.2, 0) is 9.59 Å². The Morgan fingerprint density at radius 3 is 1.27 bits per heavy atom. The Labute approximate surface area is 142 Å². The number of anilines is 2. The van der Waals surface area contributed by atoms with Gasteiger partial charge in [0.15, 0.2) is 0 Å². The van der Waals surface area contributed by atoms with E-state index in [1.807, 2.05) is 0 Å². The summed E-state index contributed by atoms with van der Waals surface area (Å²) in [7, 11) is 0. The van der Waals surface area contributed by atoms with Gasteiger partial charge in [0.2, 0.25) is 0 Å². The van der Waals surface area contributed by atoms with Crippen LogP contribution in [0.5, 0.6) is 0 Å². The highest BCUT2D eigenvalue weighted by Gasteiger charge is 2.67. The van der Waals surface area contributed by atoms with Crippen molar-refractivity contribution < 1.29 is 35.9 Å². The lowest BCUT2D eigenvalue weighted by Crippen LogP contribution is -2.56. The Morgan fingerprint density at radius 2 is 0.962 bits per heavy atom. The highest BCUT2D eigenvalue weighted by Crippen LogP contribution is 2.36. The second-order valence-corrected chi connectivity index (χ2v) is 5.02. The van der Waals surface area contributed by atoms with E-state index in [1.54, 1.807) is 0 Å². The van der Waals surface area contributed by atoms with Gasteiger partial charge in [-0.05, 0) is 24.3 Å². The van der Waals surface area contributed by atoms with Gasteiger partial charge in [0, 0.05) is 0 Å². The zero-order chi connectivity index (χ0) is 19.5. The van der Waals surface area contributed by atoms with Gasteiger partial charge < -0.3 is 10.6 Å². The predicted octanol–water partition coefficient (Wildman–Crippen LogP) is 3.81. The monoisotopic (exact) mass is 376 g/mol. The maximum absolute atomic E-state index is 13.8. The molecule has 0 saturated heterocycles. The van der Waals surface area contributed by atoms with E-state index < -0.39 is 46.7 Å². The average molecular weight is 376 g/mol. The molecule has 0 spiro atoms. The van der Waals surface area contributed by atoms with Crippen LogP contribution in [0, 0.1) is 11.6 Å². The molecule has 26 heavy (non-hydrogen) atoms. The summed E-state index contributed by atoms with van der Waals surface area (Å²) >= 11 is 0. The Hall–Kier alpha value is -3.04. The standard InChI is InChI=1S/C16H10F6N2O2/c17-9-5-1-3-7-11(9)23-13(25)15(19,20)16(21,22)14(26)24-12-8-4-2-6-10(12)18/h1-8H,(H,23,25)(H,24,26). The molecule has 0 aliphatic rings. The molecule has 0 heterocycles. The van der Waals surface area contributed by atoms with E-state index in [2.05, 4.69) is 0 Å². The van der Waals surface area contributed by atoms with Crippen LogP contribution >= 0.6 is 0 Å². The molecule has 0 aliphatic heterocycles. The van der Waals surface area contributed by atoms with Crippen molar-refractivity contribution in [1.29, 1.82) is 0 Å². The molecule has 4 nitrogen and oxygen atoms in total.